The number of nitro groups is 1. The second-order valence-electron chi connectivity index (χ2n) is 6.24. The first-order valence-electron chi connectivity index (χ1n) is 8.75. The van der Waals surface area contributed by atoms with Gasteiger partial charge in [-0.1, -0.05) is 37.3 Å². The number of Topliss-reactive ketones (excluding diaryl/α,β-unsaturated/α-hetero) is 1. The summed E-state index contributed by atoms with van der Waals surface area (Å²) in [7, 11) is 0. The number of carbonyl (C=O) groups excluding carboxylic acids is 2. The number of fused-ring (bicyclic) bond motifs is 1. The van der Waals surface area contributed by atoms with Gasteiger partial charge in [0.25, 0.3) is 5.69 Å². The molecule has 0 saturated carbocycles. The third-order valence-electron chi connectivity index (χ3n) is 4.49. The summed E-state index contributed by atoms with van der Waals surface area (Å²) in [5.41, 5.74) is 2.49. The van der Waals surface area contributed by atoms with Crippen molar-refractivity contribution in [3.05, 3.63) is 81.0 Å². The van der Waals surface area contributed by atoms with E-state index in [9.17, 15) is 19.7 Å². The zero-order valence-electron chi connectivity index (χ0n) is 15.5. The van der Waals surface area contributed by atoms with Crippen molar-refractivity contribution in [1.29, 1.82) is 0 Å². The van der Waals surface area contributed by atoms with E-state index in [-0.39, 0.29) is 11.3 Å². The number of pyridine rings is 1. The Kier molecular flexibility index (Phi) is 5.44. The molecule has 0 aliphatic carbocycles. The van der Waals surface area contributed by atoms with E-state index < -0.39 is 23.3 Å². The van der Waals surface area contributed by atoms with Gasteiger partial charge in [-0.25, -0.2) is 4.79 Å². The van der Waals surface area contributed by atoms with E-state index in [0.29, 0.717) is 28.5 Å². The smallest absolute Gasteiger partial charge is 0.339 e. The third-order valence-corrected chi connectivity index (χ3v) is 4.49. The summed E-state index contributed by atoms with van der Waals surface area (Å²) in [5.74, 6) is -1.13. The van der Waals surface area contributed by atoms with E-state index in [2.05, 4.69) is 4.98 Å². The molecule has 0 atom stereocenters. The summed E-state index contributed by atoms with van der Waals surface area (Å²) in [6, 6.07) is 12.6. The summed E-state index contributed by atoms with van der Waals surface area (Å²) in [5, 5.41) is 11.5. The minimum atomic E-state index is -0.621. The van der Waals surface area contributed by atoms with Crippen molar-refractivity contribution in [2.75, 3.05) is 6.61 Å². The van der Waals surface area contributed by atoms with Gasteiger partial charge in [0.1, 0.15) is 0 Å². The van der Waals surface area contributed by atoms with Crippen LogP contribution < -0.4 is 0 Å². The average molecular weight is 378 g/mol. The summed E-state index contributed by atoms with van der Waals surface area (Å²) in [6.45, 7) is 3.25. The van der Waals surface area contributed by atoms with E-state index >= 15 is 0 Å². The van der Waals surface area contributed by atoms with Crippen molar-refractivity contribution in [1.82, 2.24) is 4.98 Å². The number of non-ortho nitro benzene ring substituents is 1. The highest BCUT2D eigenvalue weighted by molar-refractivity contribution is 6.06. The van der Waals surface area contributed by atoms with Gasteiger partial charge in [0.15, 0.2) is 6.61 Å². The molecule has 0 fully saturated rings. The number of nitro benzene ring substituents is 1. The number of benzene rings is 2. The SMILES string of the molecule is CCc1nc2ccccc2c(C(=O)OCC(=O)c2cccc([N+](=O)[O-])c2)c1C. The number of ether oxygens (including phenoxy) is 1. The lowest BCUT2D eigenvalue weighted by molar-refractivity contribution is -0.384. The molecule has 0 N–H and O–H groups in total. The Bertz CT molecular complexity index is 1090. The molecule has 0 unspecified atom stereocenters. The highest BCUT2D eigenvalue weighted by atomic mass is 16.6. The molecule has 3 rings (SSSR count). The maximum absolute atomic E-state index is 12.7. The first kappa shape index (κ1) is 19.2. The van der Waals surface area contributed by atoms with Gasteiger partial charge in [-0.2, -0.15) is 0 Å². The molecule has 0 aliphatic rings. The highest BCUT2D eigenvalue weighted by Crippen LogP contribution is 2.24. The minimum Gasteiger partial charge on any atom is -0.454 e. The van der Waals surface area contributed by atoms with E-state index in [1.165, 1.54) is 24.3 Å². The molecule has 142 valence electrons. The van der Waals surface area contributed by atoms with Gasteiger partial charge >= 0.3 is 5.97 Å². The molecule has 7 nitrogen and oxygen atoms in total. The minimum absolute atomic E-state index is 0.118. The van der Waals surface area contributed by atoms with Gasteiger partial charge in [0.2, 0.25) is 5.78 Å². The largest absolute Gasteiger partial charge is 0.454 e. The Hall–Kier alpha value is -3.61. The topological polar surface area (TPSA) is 99.4 Å². The van der Waals surface area contributed by atoms with Crippen LogP contribution in [0.25, 0.3) is 10.9 Å². The van der Waals surface area contributed by atoms with Crippen LogP contribution in [0.15, 0.2) is 48.5 Å². The molecule has 0 amide bonds. The molecular formula is C21H18N2O5. The standard InChI is InChI=1S/C21H18N2O5/c1-3-17-13(2)20(16-9-4-5-10-18(16)22-17)21(25)28-12-19(24)14-7-6-8-15(11-14)23(26)27/h4-11H,3,12H2,1-2H3. The molecule has 0 saturated heterocycles. The van der Waals surface area contributed by atoms with Crippen LogP contribution in [-0.4, -0.2) is 28.3 Å². The van der Waals surface area contributed by atoms with Crippen LogP contribution in [0.5, 0.6) is 0 Å². The second kappa shape index (κ2) is 7.96. The van der Waals surface area contributed by atoms with E-state index in [1.807, 2.05) is 19.1 Å². The Morgan fingerprint density at radius 1 is 1.14 bits per heavy atom. The van der Waals surface area contributed by atoms with Gasteiger partial charge < -0.3 is 4.74 Å². The van der Waals surface area contributed by atoms with E-state index in [0.717, 1.165) is 5.69 Å². The number of aryl methyl sites for hydroxylation is 1. The second-order valence-corrected chi connectivity index (χ2v) is 6.24. The molecule has 2 aromatic carbocycles. The summed E-state index contributed by atoms with van der Waals surface area (Å²) in [4.78, 5) is 39.9. The van der Waals surface area contributed by atoms with Crippen LogP contribution in [0, 0.1) is 17.0 Å². The van der Waals surface area contributed by atoms with Crippen molar-refractivity contribution in [2.45, 2.75) is 20.3 Å². The molecule has 3 aromatic rings. The summed E-state index contributed by atoms with van der Waals surface area (Å²) in [6.07, 6.45) is 0.656. The third kappa shape index (κ3) is 3.73. The fourth-order valence-electron chi connectivity index (χ4n) is 3.04. The number of aromatic nitrogens is 1. The van der Waals surface area contributed by atoms with Crippen molar-refractivity contribution in [2.24, 2.45) is 0 Å². The van der Waals surface area contributed by atoms with Gasteiger partial charge in [-0.15, -0.1) is 0 Å². The molecule has 0 spiro atoms. The Morgan fingerprint density at radius 2 is 1.89 bits per heavy atom. The Balaban J connectivity index is 1.86. The zero-order valence-corrected chi connectivity index (χ0v) is 15.5. The maximum atomic E-state index is 12.7. The number of esters is 1. The highest BCUT2D eigenvalue weighted by Gasteiger charge is 2.20. The monoisotopic (exact) mass is 378 g/mol. The molecule has 28 heavy (non-hydrogen) atoms. The Morgan fingerprint density at radius 3 is 2.61 bits per heavy atom. The summed E-state index contributed by atoms with van der Waals surface area (Å²) < 4.78 is 5.25. The van der Waals surface area contributed by atoms with Crippen LogP contribution in [0.4, 0.5) is 5.69 Å². The zero-order chi connectivity index (χ0) is 20.3. The number of nitrogens with zero attached hydrogens (tertiary/aromatic N) is 2. The number of carbonyl (C=O) groups is 2. The van der Waals surface area contributed by atoms with Crippen LogP contribution in [0.1, 0.15) is 38.9 Å². The number of rotatable bonds is 6. The first-order valence-corrected chi connectivity index (χ1v) is 8.75. The van der Waals surface area contributed by atoms with E-state index in [4.69, 9.17) is 4.74 Å². The molecule has 1 heterocycles. The molecule has 0 aliphatic heterocycles. The lowest BCUT2D eigenvalue weighted by atomic mass is 10.0. The fourth-order valence-corrected chi connectivity index (χ4v) is 3.04. The van der Waals surface area contributed by atoms with Crippen LogP contribution in [0.3, 0.4) is 0 Å². The van der Waals surface area contributed by atoms with Gasteiger partial charge in [0.05, 0.1) is 16.0 Å². The lowest BCUT2D eigenvalue weighted by Gasteiger charge is -2.13. The maximum Gasteiger partial charge on any atom is 0.339 e. The first-order chi connectivity index (χ1) is 13.4. The Labute approximate surface area is 161 Å². The van der Waals surface area contributed by atoms with Crippen LogP contribution in [0.2, 0.25) is 0 Å². The number of hydrogen-bond donors (Lipinski definition) is 0. The van der Waals surface area contributed by atoms with Crippen molar-refractivity contribution >= 4 is 28.3 Å². The van der Waals surface area contributed by atoms with Crippen molar-refractivity contribution in [3.8, 4) is 0 Å². The normalized spacial score (nSPS) is 10.6. The lowest BCUT2D eigenvalue weighted by Crippen LogP contribution is -2.16. The van der Waals surface area contributed by atoms with Gasteiger partial charge in [-0.3, -0.25) is 19.9 Å². The van der Waals surface area contributed by atoms with Gasteiger partial charge in [-0.05, 0) is 25.0 Å². The van der Waals surface area contributed by atoms with Crippen LogP contribution in [-0.2, 0) is 11.2 Å². The fraction of sp³-hybridized carbons (Fsp3) is 0.190. The molecule has 1 aromatic heterocycles. The predicted molar refractivity (Wildman–Crippen MR) is 104 cm³/mol. The van der Waals surface area contributed by atoms with Crippen LogP contribution >= 0.6 is 0 Å². The molecule has 0 radical (unpaired) electrons. The van der Waals surface area contributed by atoms with Crippen molar-refractivity contribution < 1.29 is 19.2 Å². The molecular weight excluding hydrogens is 360 g/mol. The molecule has 7 heteroatoms. The summed E-state index contributed by atoms with van der Waals surface area (Å²) >= 11 is 0. The quantitative estimate of drug-likeness (QED) is 0.278. The average Bonchev–Trinajstić information content (AvgIpc) is 2.71. The number of para-hydroxylation sites is 1. The number of ketones is 1. The predicted octanol–water partition coefficient (Wildman–Crippen LogP) is 4.05. The molecule has 0 bridgehead atoms. The van der Waals surface area contributed by atoms with E-state index in [1.54, 1.807) is 19.1 Å². The van der Waals surface area contributed by atoms with Gasteiger partial charge in [0, 0.05) is 28.8 Å². The number of hydrogen-bond acceptors (Lipinski definition) is 6. The van der Waals surface area contributed by atoms with Crippen molar-refractivity contribution in [3.63, 3.8) is 0 Å².